The van der Waals surface area contributed by atoms with Crippen molar-refractivity contribution in [3.63, 3.8) is 0 Å². The van der Waals surface area contributed by atoms with Gasteiger partial charge in [-0.1, -0.05) is 0 Å². The van der Waals surface area contributed by atoms with E-state index in [4.69, 9.17) is 28.4 Å². The maximum absolute atomic E-state index is 13.5. The van der Waals surface area contributed by atoms with E-state index in [0.29, 0.717) is 89.5 Å². The molecule has 41 heavy (non-hydrogen) atoms. The average molecular weight is 567 g/mol. The van der Waals surface area contributed by atoms with Gasteiger partial charge in [-0.05, 0) is 30.7 Å². The van der Waals surface area contributed by atoms with Crippen molar-refractivity contribution >= 4 is 33.6 Å². The molecule has 0 unspecified atom stereocenters. The Balaban J connectivity index is 1.36. The summed E-state index contributed by atoms with van der Waals surface area (Å²) in [7, 11) is 9.24. The number of ether oxygens (including phenoxy) is 6. The summed E-state index contributed by atoms with van der Waals surface area (Å²) < 4.78 is 33.0. The number of aromatic amines is 2. The number of methoxy groups -OCH3 is 6. The first-order valence-corrected chi connectivity index (χ1v) is 13.1. The van der Waals surface area contributed by atoms with Crippen molar-refractivity contribution in [2.75, 3.05) is 68.8 Å². The van der Waals surface area contributed by atoms with Crippen molar-refractivity contribution in [2.24, 2.45) is 0 Å². The molecule has 4 aromatic rings. The maximum atomic E-state index is 13.5. The van der Waals surface area contributed by atoms with Gasteiger partial charge >= 0.3 is 0 Å². The van der Waals surface area contributed by atoms with Crippen LogP contribution in [0.2, 0.25) is 0 Å². The molecule has 2 aromatic carbocycles. The second-order valence-corrected chi connectivity index (χ2v) is 9.52. The predicted octanol–water partition coefficient (Wildman–Crippen LogP) is 3.69. The Morgan fingerprint density at radius 1 is 0.561 bits per heavy atom. The number of aromatic nitrogens is 2. The Labute approximate surface area is 237 Å². The standard InChI is InChI=1S/C29H34N4O8/c1-36-20-14-16-12-18(30-22(16)26(40-5)24(20)38-3)28(34)32-8-7-9-33(11-10-32)29(35)19-13-17-15-21(37-2)25(39-4)27(41-6)23(17)31-19/h12-15,30-31H,7-11H2,1-6H3. The molecule has 2 amide bonds. The summed E-state index contributed by atoms with van der Waals surface area (Å²) in [5, 5.41) is 1.52. The van der Waals surface area contributed by atoms with Crippen LogP contribution in [-0.2, 0) is 0 Å². The number of nitrogens with zero attached hydrogens (tertiary/aromatic N) is 2. The Morgan fingerprint density at radius 2 is 0.951 bits per heavy atom. The maximum Gasteiger partial charge on any atom is 0.270 e. The normalized spacial score (nSPS) is 13.7. The third kappa shape index (κ3) is 4.79. The Morgan fingerprint density at radius 3 is 1.29 bits per heavy atom. The van der Waals surface area contributed by atoms with Crippen LogP contribution in [0.1, 0.15) is 27.4 Å². The van der Waals surface area contributed by atoms with Crippen LogP contribution in [-0.4, -0.2) is 100 Å². The van der Waals surface area contributed by atoms with Gasteiger partial charge in [0.2, 0.25) is 11.5 Å². The fraction of sp³-hybridized carbons (Fsp3) is 0.379. The van der Waals surface area contributed by atoms with Crippen molar-refractivity contribution in [1.82, 2.24) is 19.8 Å². The SMILES string of the molecule is COc1cc2cc(C(=O)N3CCCN(C(=O)c4cc5cc(OC)c(OC)c(OC)c5[nH]4)CC3)[nH]c2c(OC)c1OC. The molecule has 3 heterocycles. The molecule has 1 fully saturated rings. The number of fused-ring (bicyclic) bond motifs is 2. The van der Waals surface area contributed by atoms with Gasteiger partial charge in [0.15, 0.2) is 23.0 Å². The molecule has 5 rings (SSSR count). The van der Waals surface area contributed by atoms with Crippen LogP contribution in [0.15, 0.2) is 24.3 Å². The van der Waals surface area contributed by atoms with Crippen molar-refractivity contribution in [2.45, 2.75) is 6.42 Å². The van der Waals surface area contributed by atoms with Gasteiger partial charge in [-0.3, -0.25) is 9.59 Å². The number of benzene rings is 2. The molecule has 1 aliphatic rings. The quantitative estimate of drug-likeness (QED) is 0.331. The summed E-state index contributed by atoms with van der Waals surface area (Å²) >= 11 is 0. The van der Waals surface area contributed by atoms with Crippen LogP contribution in [0.25, 0.3) is 21.8 Å². The minimum absolute atomic E-state index is 0.162. The average Bonchev–Trinajstić information content (AvgIpc) is 3.54. The lowest BCUT2D eigenvalue weighted by Crippen LogP contribution is -2.37. The number of carbonyl (C=O) groups excluding carboxylic acids is 2. The second-order valence-electron chi connectivity index (χ2n) is 9.52. The van der Waals surface area contributed by atoms with E-state index < -0.39 is 0 Å². The van der Waals surface area contributed by atoms with Crippen LogP contribution in [0, 0.1) is 0 Å². The van der Waals surface area contributed by atoms with Gasteiger partial charge in [-0.2, -0.15) is 0 Å². The molecule has 0 aliphatic carbocycles. The summed E-state index contributed by atoms with van der Waals surface area (Å²) in [6.07, 6.45) is 0.633. The van der Waals surface area contributed by atoms with E-state index in [0.717, 1.165) is 10.8 Å². The van der Waals surface area contributed by atoms with Crippen LogP contribution in [0.5, 0.6) is 34.5 Å². The number of amides is 2. The number of hydrogen-bond acceptors (Lipinski definition) is 8. The Bertz CT molecular complexity index is 1490. The molecule has 2 aromatic heterocycles. The molecule has 0 atom stereocenters. The van der Waals surface area contributed by atoms with Crippen molar-refractivity contribution in [3.8, 4) is 34.5 Å². The highest BCUT2D eigenvalue weighted by Gasteiger charge is 2.27. The summed E-state index contributed by atoms with van der Waals surface area (Å²) in [6, 6.07) is 7.15. The molecule has 0 spiro atoms. The molecule has 1 saturated heterocycles. The van der Waals surface area contributed by atoms with Gasteiger partial charge in [0.05, 0.1) is 53.7 Å². The van der Waals surface area contributed by atoms with Gasteiger partial charge in [-0.15, -0.1) is 0 Å². The summed E-state index contributed by atoms with van der Waals surface area (Å²) in [5.41, 5.74) is 2.11. The first-order valence-electron chi connectivity index (χ1n) is 13.1. The number of rotatable bonds is 8. The zero-order valence-corrected chi connectivity index (χ0v) is 24.0. The molecular weight excluding hydrogens is 532 g/mol. The zero-order valence-electron chi connectivity index (χ0n) is 24.0. The van der Waals surface area contributed by atoms with Crippen molar-refractivity contribution < 1.29 is 38.0 Å². The predicted molar refractivity (Wildman–Crippen MR) is 152 cm³/mol. The largest absolute Gasteiger partial charge is 0.493 e. The molecule has 2 N–H and O–H groups in total. The van der Waals surface area contributed by atoms with Gasteiger partial charge in [-0.25, -0.2) is 0 Å². The lowest BCUT2D eigenvalue weighted by atomic mass is 10.2. The minimum atomic E-state index is -0.162. The first kappa shape index (κ1) is 27.8. The van der Waals surface area contributed by atoms with E-state index >= 15 is 0 Å². The van der Waals surface area contributed by atoms with Gasteiger partial charge in [0, 0.05) is 37.0 Å². The fourth-order valence-corrected chi connectivity index (χ4v) is 5.38. The number of H-pyrrole nitrogens is 2. The molecule has 12 nitrogen and oxygen atoms in total. The number of hydrogen-bond donors (Lipinski definition) is 2. The summed E-state index contributed by atoms with van der Waals surface area (Å²) in [5.74, 6) is 2.49. The van der Waals surface area contributed by atoms with Gasteiger partial charge in [0.1, 0.15) is 11.4 Å². The monoisotopic (exact) mass is 566 g/mol. The van der Waals surface area contributed by atoms with E-state index in [1.54, 1.807) is 48.3 Å². The third-order valence-electron chi connectivity index (χ3n) is 7.37. The fourth-order valence-electron chi connectivity index (χ4n) is 5.38. The Hall–Kier alpha value is -4.74. The van der Waals surface area contributed by atoms with Crippen LogP contribution < -0.4 is 28.4 Å². The van der Waals surface area contributed by atoms with Crippen LogP contribution >= 0.6 is 0 Å². The zero-order chi connectivity index (χ0) is 29.3. The van der Waals surface area contributed by atoms with Gasteiger partial charge in [0.25, 0.3) is 11.8 Å². The van der Waals surface area contributed by atoms with Crippen LogP contribution in [0.4, 0.5) is 0 Å². The molecule has 218 valence electrons. The first-order chi connectivity index (χ1) is 19.9. The highest BCUT2D eigenvalue weighted by molar-refractivity contribution is 6.02. The molecule has 0 radical (unpaired) electrons. The second kappa shape index (κ2) is 11.4. The summed E-state index contributed by atoms with van der Waals surface area (Å²) in [6.45, 7) is 1.79. The lowest BCUT2D eigenvalue weighted by Gasteiger charge is -2.21. The van der Waals surface area contributed by atoms with E-state index in [1.807, 2.05) is 0 Å². The third-order valence-corrected chi connectivity index (χ3v) is 7.37. The van der Waals surface area contributed by atoms with Crippen molar-refractivity contribution in [1.29, 1.82) is 0 Å². The van der Waals surface area contributed by atoms with E-state index in [1.165, 1.54) is 28.4 Å². The number of carbonyl (C=O) groups is 2. The van der Waals surface area contributed by atoms with Crippen molar-refractivity contribution in [3.05, 3.63) is 35.7 Å². The lowest BCUT2D eigenvalue weighted by molar-refractivity contribution is 0.0714. The van der Waals surface area contributed by atoms with Gasteiger partial charge < -0.3 is 48.2 Å². The molecule has 0 bridgehead atoms. The highest BCUT2D eigenvalue weighted by Crippen LogP contribution is 2.44. The Kier molecular flexibility index (Phi) is 7.73. The minimum Gasteiger partial charge on any atom is -0.493 e. The van der Waals surface area contributed by atoms with E-state index in [-0.39, 0.29) is 11.8 Å². The molecule has 12 heteroatoms. The molecule has 1 aliphatic heterocycles. The van der Waals surface area contributed by atoms with E-state index in [9.17, 15) is 9.59 Å². The van der Waals surface area contributed by atoms with E-state index in [2.05, 4.69) is 9.97 Å². The molecular formula is C29H34N4O8. The highest BCUT2D eigenvalue weighted by atomic mass is 16.5. The number of nitrogens with one attached hydrogen (secondary N) is 2. The smallest absolute Gasteiger partial charge is 0.270 e. The molecule has 0 saturated carbocycles. The summed E-state index contributed by atoms with van der Waals surface area (Å²) in [4.78, 5) is 37.0. The van der Waals surface area contributed by atoms with Crippen LogP contribution in [0.3, 0.4) is 0 Å². The topological polar surface area (TPSA) is 128 Å².